The van der Waals surface area contributed by atoms with Crippen LogP contribution in [0.5, 0.6) is 0 Å². The van der Waals surface area contributed by atoms with Crippen molar-refractivity contribution in [2.24, 2.45) is 0 Å². The number of benzene rings is 1. The molecule has 1 atom stereocenters. The molecule has 3 heterocycles. The molecule has 1 saturated heterocycles. The van der Waals surface area contributed by atoms with E-state index in [-0.39, 0.29) is 5.91 Å². The fourth-order valence-electron chi connectivity index (χ4n) is 3.75. The van der Waals surface area contributed by atoms with Crippen molar-refractivity contribution in [1.29, 1.82) is 0 Å². The number of carbonyl (C=O) groups is 1. The van der Waals surface area contributed by atoms with Gasteiger partial charge in [-0.15, -0.1) is 0 Å². The number of rotatable bonds is 5. The van der Waals surface area contributed by atoms with Crippen molar-refractivity contribution >= 4 is 16.8 Å². The fourth-order valence-corrected chi connectivity index (χ4v) is 3.75. The van der Waals surface area contributed by atoms with Crippen molar-refractivity contribution in [3.8, 4) is 0 Å². The summed E-state index contributed by atoms with van der Waals surface area (Å²) in [5, 5.41) is 4.08. The van der Waals surface area contributed by atoms with E-state index in [4.69, 9.17) is 0 Å². The summed E-state index contributed by atoms with van der Waals surface area (Å²) < 4.78 is 0. The predicted octanol–water partition coefficient (Wildman–Crippen LogP) is 3.54. The van der Waals surface area contributed by atoms with Crippen molar-refractivity contribution < 1.29 is 4.79 Å². The van der Waals surface area contributed by atoms with Gasteiger partial charge in [-0.1, -0.05) is 12.1 Å². The van der Waals surface area contributed by atoms with Crippen LogP contribution < -0.4 is 5.32 Å². The Bertz CT molecular complexity index is 900. The molecule has 2 N–H and O–H groups in total. The summed E-state index contributed by atoms with van der Waals surface area (Å²) in [6, 6.07) is 13.3. The second kappa shape index (κ2) is 7.30. The summed E-state index contributed by atoms with van der Waals surface area (Å²) >= 11 is 0. The van der Waals surface area contributed by atoms with Gasteiger partial charge in [-0.2, -0.15) is 0 Å². The van der Waals surface area contributed by atoms with Gasteiger partial charge in [-0.25, -0.2) is 0 Å². The van der Waals surface area contributed by atoms with Gasteiger partial charge < -0.3 is 10.3 Å². The van der Waals surface area contributed by atoms with Gasteiger partial charge in [0.05, 0.1) is 11.7 Å². The van der Waals surface area contributed by atoms with Crippen LogP contribution in [-0.4, -0.2) is 27.3 Å². The molecule has 1 aliphatic heterocycles. The van der Waals surface area contributed by atoms with E-state index in [2.05, 4.69) is 56.6 Å². The van der Waals surface area contributed by atoms with Crippen LogP contribution in [-0.2, 0) is 17.9 Å². The molecule has 5 heteroatoms. The van der Waals surface area contributed by atoms with Crippen molar-refractivity contribution in [2.45, 2.75) is 38.9 Å². The highest BCUT2D eigenvalue weighted by Gasteiger charge is 2.27. The first-order chi connectivity index (χ1) is 12.7. The lowest BCUT2D eigenvalue weighted by molar-refractivity contribution is -0.119. The molecule has 1 amide bonds. The Balaban J connectivity index is 1.46. The van der Waals surface area contributed by atoms with Crippen LogP contribution in [0.25, 0.3) is 10.9 Å². The van der Waals surface area contributed by atoms with Crippen LogP contribution in [0, 0.1) is 0 Å². The van der Waals surface area contributed by atoms with Crippen LogP contribution in [0.4, 0.5) is 0 Å². The van der Waals surface area contributed by atoms with Crippen molar-refractivity contribution in [3.05, 3.63) is 65.6 Å². The third-order valence-corrected chi connectivity index (χ3v) is 5.10. The first-order valence-corrected chi connectivity index (χ1v) is 9.18. The normalized spacial score (nSPS) is 17.7. The van der Waals surface area contributed by atoms with Gasteiger partial charge in [0.25, 0.3) is 0 Å². The number of amides is 1. The Morgan fingerprint density at radius 1 is 1.27 bits per heavy atom. The topological polar surface area (TPSA) is 61.0 Å². The highest BCUT2D eigenvalue weighted by molar-refractivity contribution is 5.79. The average Bonchev–Trinajstić information content (AvgIpc) is 3.29. The summed E-state index contributed by atoms with van der Waals surface area (Å²) in [6.45, 7) is 4.11. The SMILES string of the molecule is CC(=O)NCc1ccc(C2CCCN2Cc2ccc3[nH]ccc3c2)nc1. The number of aromatic nitrogens is 2. The Morgan fingerprint density at radius 3 is 2.96 bits per heavy atom. The first-order valence-electron chi connectivity index (χ1n) is 9.18. The van der Waals surface area contributed by atoms with E-state index in [1.165, 1.54) is 29.8 Å². The minimum absolute atomic E-state index is 0.0181. The van der Waals surface area contributed by atoms with E-state index in [1.807, 2.05) is 12.4 Å². The van der Waals surface area contributed by atoms with Crippen LogP contribution in [0.2, 0.25) is 0 Å². The lowest BCUT2D eigenvalue weighted by Gasteiger charge is -2.24. The minimum atomic E-state index is -0.0181. The van der Waals surface area contributed by atoms with Crippen LogP contribution in [0.1, 0.15) is 42.6 Å². The van der Waals surface area contributed by atoms with Gasteiger partial charge in [0.2, 0.25) is 5.91 Å². The molecule has 1 aliphatic rings. The van der Waals surface area contributed by atoms with Gasteiger partial charge in [-0.05, 0) is 60.2 Å². The number of pyridine rings is 1. The molecule has 1 unspecified atom stereocenters. The molecular weight excluding hydrogens is 324 g/mol. The zero-order chi connectivity index (χ0) is 17.9. The standard InChI is InChI=1S/C21H24N4O/c1-15(26)23-12-17-5-7-20(24-13-17)21-3-2-10-25(21)14-16-4-6-19-18(11-16)8-9-22-19/h4-9,11,13,21-22H,2-3,10,12,14H2,1H3,(H,23,26). The van der Waals surface area contributed by atoms with Gasteiger partial charge in [0, 0.05) is 37.9 Å². The lowest BCUT2D eigenvalue weighted by atomic mass is 10.1. The molecule has 0 bridgehead atoms. The second-order valence-electron chi connectivity index (χ2n) is 7.03. The van der Waals surface area contributed by atoms with Gasteiger partial charge >= 0.3 is 0 Å². The highest BCUT2D eigenvalue weighted by atomic mass is 16.1. The summed E-state index contributed by atoms with van der Waals surface area (Å²) in [4.78, 5) is 21.5. The number of nitrogens with one attached hydrogen (secondary N) is 2. The maximum atomic E-state index is 11.0. The average molecular weight is 348 g/mol. The number of carbonyl (C=O) groups excluding carboxylic acids is 1. The summed E-state index contributed by atoms with van der Waals surface area (Å²) in [5.41, 5.74) is 4.68. The van der Waals surface area contributed by atoms with Gasteiger partial charge in [0.15, 0.2) is 0 Å². The van der Waals surface area contributed by atoms with E-state index in [1.54, 1.807) is 0 Å². The maximum Gasteiger partial charge on any atom is 0.217 e. The molecule has 4 rings (SSSR count). The number of aromatic amines is 1. The number of hydrogen-bond donors (Lipinski definition) is 2. The third kappa shape index (κ3) is 3.63. The molecule has 0 radical (unpaired) electrons. The van der Waals surface area contributed by atoms with Crippen LogP contribution in [0.15, 0.2) is 48.8 Å². The number of likely N-dealkylation sites (tertiary alicyclic amines) is 1. The number of hydrogen-bond acceptors (Lipinski definition) is 3. The smallest absolute Gasteiger partial charge is 0.217 e. The largest absolute Gasteiger partial charge is 0.361 e. The Kier molecular flexibility index (Phi) is 4.71. The minimum Gasteiger partial charge on any atom is -0.361 e. The zero-order valence-corrected chi connectivity index (χ0v) is 15.0. The van der Waals surface area contributed by atoms with E-state index in [0.29, 0.717) is 12.6 Å². The summed E-state index contributed by atoms with van der Waals surface area (Å²) in [5.74, 6) is -0.0181. The summed E-state index contributed by atoms with van der Waals surface area (Å²) in [7, 11) is 0. The number of nitrogens with zero attached hydrogens (tertiary/aromatic N) is 2. The van der Waals surface area contributed by atoms with E-state index >= 15 is 0 Å². The highest BCUT2D eigenvalue weighted by Crippen LogP contribution is 2.32. The molecule has 134 valence electrons. The van der Waals surface area contributed by atoms with E-state index < -0.39 is 0 Å². The van der Waals surface area contributed by atoms with Gasteiger partial charge in [0.1, 0.15) is 0 Å². The van der Waals surface area contributed by atoms with Crippen molar-refractivity contribution in [3.63, 3.8) is 0 Å². The molecule has 0 saturated carbocycles. The molecule has 1 aromatic carbocycles. The third-order valence-electron chi connectivity index (χ3n) is 5.10. The summed E-state index contributed by atoms with van der Waals surface area (Å²) in [6.07, 6.45) is 6.21. The Hall–Kier alpha value is -2.66. The van der Waals surface area contributed by atoms with E-state index in [9.17, 15) is 4.79 Å². The maximum absolute atomic E-state index is 11.0. The fraction of sp³-hybridized carbons (Fsp3) is 0.333. The molecule has 3 aromatic rings. The van der Waals surface area contributed by atoms with Crippen molar-refractivity contribution in [2.75, 3.05) is 6.54 Å². The lowest BCUT2D eigenvalue weighted by Crippen LogP contribution is -2.23. The Labute approximate surface area is 153 Å². The number of fused-ring (bicyclic) bond motifs is 1. The monoisotopic (exact) mass is 348 g/mol. The molecule has 5 nitrogen and oxygen atoms in total. The Morgan fingerprint density at radius 2 is 2.15 bits per heavy atom. The molecule has 1 fully saturated rings. The number of H-pyrrole nitrogens is 1. The second-order valence-corrected chi connectivity index (χ2v) is 7.03. The molecular formula is C21H24N4O. The zero-order valence-electron chi connectivity index (χ0n) is 15.0. The molecule has 26 heavy (non-hydrogen) atoms. The quantitative estimate of drug-likeness (QED) is 0.741. The first kappa shape index (κ1) is 16.8. The van der Waals surface area contributed by atoms with E-state index in [0.717, 1.165) is 30.8 Å². The van der Waals surface area contributed by atoms with Crippen LogP contribution in [0.3, 0.4) is 0 Å². The van der Waals surface area contributed by atoms with Gasteiger partial charge in [-0.3, -0.25) is 14.7 Å². The van der Waals surface area contributed by atoms with Crippen molar-refractivity contribution in [1.82, 2.24) is 20.2 Å². The van der Waals surface area contributed by atoms with Crippen LogP contribution >= 0.6 is 0 Å². The predicted molar refractivity (Wildman–Crippen MR) is 102 cm³/mol. The molecule has 2 aromatic heterocycles. The molecule has 0 spiro atoms. The molecule has 0 aliphatic carbocycles.